The molecule has 1 unspecified atom stereocenters. The van der Waals surface area contributed by atoms with Gasteiger partial charge < -0.3 is 14.4 Å². The number of benzene rings is 2. The summed E-state index contributed by atoms with van der Waals surface area (Å²) in [6.07, 6.45) is 3.18. The highest BCUT2D eigenvalue weighted by Gasteiger charge is 2.29. The van der Waals surface area contributed by atoms with E-state index in [0.717, 1.165) is 47.3 Å². The minimum atomic E-state index is -0.260. The van der Waals surface area contributed by atoms with Gasteiger partial charge in [0, 0.05) is 12.2 Å². The summed E-state index contributed by atoms with van der Waals surface area (Å²) in [5, 5.41) is 0. The van der Waals surface area contributed by atoms with Crippen molar-refractivity contribution in [3.8, 4) is 22.6 Å². The lowest BCUT2D eigenvalue weighted by atomic mass is 9.95. The van der Waals surface area contributed by atoms with Gasteiger partial charge in [0.2, 0.25) is 5.91 Å². The first-order valence-corrected chi connectivity index (χ1v) is 11.2. The molecule has 2 heterocycles. The average Bonchev–Trinajstić information content (AvgIpc) is 2.84. The van der Waals surface area contributed by atoms with Crippen LogP contribution in [-0.4, -0.2) is 36.6 Å². The van der Waals surface area contributed by atoms with Crippen LogP contribution < -0.4 is 9.47 Å². The number of amides is 1. The Hall–Kier alpha value is -3.41. The van der Waals surface area contributed by atoms with Gasteiger partial charge in [0.1, 0.15) is 5.82 Å². The number of rotatable bonds is 6. The molecule has 0 N–H and O–H groups in total. The Balaban J connectivity index is 1.60. The van der Waals surface area contributed by atoms with Crippen LogP contribution in [0.3, 0.4) is 0 Å². The van der Waals surface area contributed by atoms with E-state index in [-0.39, 0.29) is 24.2 Å². The van der Waals surface area contributed by atoms with Crippen molar-refractivity contribution in [1.29, 1.82) is 0 Å². The van der Waals surface area contributed by atoms with E-state index >= 15 is 0 Å². The Morgan fingerprint density at radius 1 is 1.00 bits per heavy atom. The van der Waals surface area contributed by atoms with Crippen molar-refractivity contribution in [3.05, 3.63) is 77.4 Å². The molecule has 33 heavy (non-hydrogen) atoms. The van der Waals surface area contributed by atoms with Crippen molar-refractivity contribution >= 4 is 5.91 Å². The van der Waals surface area contributed by atoms with Crippen molar-refractivity contribution < 1.29 is 18.7 Å². The van der Waals surface area contributed by atoms with Crippen LogP contribution in [0, 0.1) is 12.7 Å². The van der Waals surface area contributed by atoms with Crippen LogP contribution in [0.4, 0.5) is 4.39 Å². The van der Waals surface area contributed by atoms with Crippen molar-refractivity contribution in [1.82, 2.24) is 9.88 Å². The maximum Gasteiger partial charge on any atom is 0.227 e. The number of hydrogen-bond donors (Lipinski definition) is 0. The van der Waals surface area contributed by atoms with Gasteiger partial charge in [-0.25, -0.2) is 4.39 Å². The quantitative estimate of drug-likeness (QED) is 0.499. The van der Waals surface area contributed by atoms with Gasteiger partial charge in [0.05, 0.1) is 32.4 Å². The average molecular weight is 449 g/mol. The van der Waals surface area contributed by atoms with E-state index in [1.54, 1.807) is 26.4 Å². The summed E-state index contributed by atoms with van der Waals surface area (Å²) < 4.78 is 24.1. The fourth-order valence-electron chi connectivity index (χ4n) is 4.48. The van der Waals surface area contributed by atoms with Crippen molar-refractivity contribution in [2.24, 2.45) is 0 Å². The summed E-state index contributed by atoms with van der Waals surface area (Å²) >= 11 is 0. The Labute approximate surface area is 194 Å². The van der Waals surface area contributed by atoms with E-state index in [0.29, 0.717) is 18.0 Å². The molecule has 1 aromatic heterocycles. The summed E-state index contributed by atoms with van der Waals surface area (Å²) in [5.74, 6) is 1.06. The fraction of sp³-hybridized carbons (Fsp3) is 0.333. The molecule has 1 aliphatic heterocycles. The Morgan fingerprint density at radius 3 is 2.48 bits per heavy atom. The van der Waals surface area contributed by atoms with Crippen LogP contribution in [0.15, 0.2) is 54.6 Å². The third-order valence-electron chi connectivity index (χ3n) is 6.12. The van der Waals surface area contributed by atoms with E-state index in [4.69, 9.17) is 14.5 Å². The maximum absolute atomic E-state index is 13.4. The molecule has 3 aromatic rings. The second-order valence-corrected chi connectivity index (χ2v) is 8.39. The van der Waals surface area contributed by atoms with Gasteiger partial charge in [-0.1, -0.05) is 18.2 Å². The molecule has 0 aliphatic carbocycles. The van der Waals surface area contributed by atoms with Gasteiger partial charge in [-0.3, -0.25) is 9.78 Å². The lowest BCUT2D eigenvalue weighted by Crippen LogP contribution is -2.39. The molecule has 6 heteroatoms. The molecule has 2 aromatic carbocycles. The molecule has 172 valence electrons. The van der Waals surface area contributed by atoms with Gasteiger partial charge in [-0.15, -0.1) is 0 Å². The molecule has 0 radical (unpaired) electrons. The Morgan fingerprint density at radius 2 is 1.76 bits per heavy atom. The van der Waals surface area contributed by atoms with E-state index in [2.05, 4.69) is 0 Å². The van der Waals surface area contributed by atoms with Gasteiger partial charge in [-0.05, 0) is 79.3 Å². The molecular formula is C27H29FN2O3. The third kappa shape index (κ3) is 5.16. The van der Waals surface area contributed by atoms with Crippen LogP contribution in [0.5, 0.6) is 11.5 Å². The zero-order valence-electron chi connectivity index (χ0n) is 19.3. The first-order chi connectivity index (χ1) is 16.0. The highest BCUT2D eigenvalue weighted by Crippen LogP contribution is 2.34. The number of likely N-dealkylation sites (tertiary alicyclic amines) is 1. The lowest BCUT2D eigenvalue weighted by molar-refractivity contribution is -0.134. The van der Waals surface area contributed by atoms with Crippen LogP contribution >= 0.6 is 0 Å². The molecule has 0 spiro atoms. The SMILES string of the molecule is COc1ccc(CC(=O)N2CCCCC2c2cc(-c3ccc(F)cc3)cc(C)n2)cc1OC. The molecule has 0 saturated carbocycles. The predicted octanol–water partition coefficient (Wildman–Crippen LogP) is 5.51. The topological polar surface area (TPSA) is 51.7 Å². The number of methoxy groups -OCH3 is 2. The highest BCUT2D eigenvalue weighted by molar-refractivity contribution is 5.79. The predicted molar refractivity (Wildman–Crippen MR) is 126 cm³/mol. The molecular weight excluding hydrogens is 419 g/mol. The van der Waals surface area contributed by atoms with Crippen LogP contribution in [0.2, 0.25) is 0 Å². The van der Waals surface area contributed by atoms with Crippen molar-refractivity contribution in [2.45, 2.75) is 38.6 Å². The maximum atomic E-state index is 13.4. The third-order valence-corrected chi connectivity index (χ3v) is 6.12. The second-order valence-electron chi connectivity index (χ2n) is 8.39. The summed E-state index contributed by atoms with van der Waals surface area (Å²) in [4.78, 5) is 20.1. The number of halogens is 1. The van der Waals surface area contributed by atoms with Gasteiger partial charge in [0.15, 0.2) is 11.5 Å². The van der Waals surface area contributed by atoms with Gasteiger partial charge >= 0.3 is 0 Å². The van der Waals surface area contributed by atoms with E-state index in [9.17, 15) is 9.18 Å². The minimum Gasteiger partial charge on any atom is -0.493 e. The van der Waals surface area contributed by atoms with Crippen LogP contribution in [-0.2, 0) is 11.2 Å². The van der Waals surface area contributed by atoms with Crippen LogP contribution in [0.25, 0.3) is 11.1 Å². The molecule has 4 rings (SSSR count). The summed E-state index contributed by atoms with van der Waals surface area (Å²) in [6.45, 7) is 2.66. The minimum absolute atomic E-state index is 0.0681. The summed E-state index contributed by atoms with van der Waals surface area (Å²) in [6, 6.07) is 16.0. The molecule has 5 nitrogen and oxygen atoms in total. The lowest BCUT2D eigenvalue weighted by Gasteiger charge is -2.36. The first-order valence-electron chi connectivity index (χ1n) is 11.2. The fourth-order valence-corrected chi connectivity index (χ4v) is 4.48. The van der Waals surface area contributed by atoms with E-state index in [1.807, 2.05) is 42.2 Å². The number of pyridine rings is 1. The zero-order chi connectivity index (χ0) is 23.4. The van der Waals surface area contributed by atoms with E-state index < -0.39 is 0 Å². The van der Waals surface area contributed by atoms with Crippen LogP contribution in [0.1, 0.15) is 42.3 Å². The number of ether oxygens (including phenoxy) is 2. The Kier molecular flexibility index (Phi) is 6.92. The standard InChI is InChI=1S/C27H29FN2O3/c1-18-14-21(20-8-10-22(28)11-9-20)17-23(29-18)24-6-4-5-13-30(24)27(31)16-19-7-12-25(32-2)26(15-19)33-3/h7-12,14-15,17,24H,4-6,13,16H2,1-3H3. The first kappa shape index (κ1) is 22.8. The number of nitrogens with zero attached hydrogens (tertiary/aromatic N) is 2. The van der Waals surface area contributed by atoms with E-state index in [1.165, 1.54) is 12.1 Å². The highest BCUT2D eigenvalue weighted by atomic mass is 19.1. The number of piperidine rings is 1. The van der Waals surface area contributed by atoms with Crippen molar-refractivity contribution in [3.63, 3.8) is 0 Å². The summed E-state index contributed by atoms with van der Waals surface area (Å²) in [7, 11) is 3.18. The Bertz CT molecular complexity index is 1130. The largest absolute Gasteiger partial charge is 0.493 e. The molecule has 1 aliphatic rings. The molecule has 1 saturated heterocycles. The number of aryl methyl sites for hydroxylation is 1. The monoisotopic (exact) mass is 448 g/mol. The van der Waals surface area contributed by atoms with Gasteiger partial charge in [0.25, 0.3) is 0 Å². The zero-order valence-corrected chi connectivity index (χ0v) is 19.3. The number of carbonyl (C=O) groups excluding carboxylic acids is 1. The number of carbonyl (C=O) groups is 1. The summed E-state index contributed by atoms with van der Waals surface area (Å²) in [5.41, 5.74) is 4.56. The molecule has 1 atom stereocenters. The smallest absolute Gasteiger partial charge is 0.227 e. The second kappa shape index (κ2) is 10.0. The number of aromatic nitrogens is 1. The van der Waals surface area contributed by atoms with Crippen molar-refractivity contribution in [2.75, 3.05) is 20.8 Å². The molecule has 1 fully saturated rings. The van der Waals surface area contributed by atoms with Gasteiger partial charge in [-0.2, -0.15) is 0 Å². The number of hydrogen-bond acceptors (Lipinski definition) is 4. The molecule has 0 bridgehead atoms. The normalized spacial score (nSPS) is 15.9. The molecule has 1 amide bonds.